The van der Waals surface area contributed by atoms with Crippen LogP contribution in [0.25, 0.3) is 0 Å². The standard InChI is InChI=1S/C14H21BrN2/c1-17(9-11-5-2-3-6-11)10-12-13(15)7-4-8-14(12)16/h4,7-8,11H,2-3,5-6,9-10,16H2,1H3. The number of benzene rings is 1. The molecule has 2 rings (SSSR count). The van der Waals surface area contributed by atoms with E-state index in [-0.39, 0.29) is 0 Å². The van der Waals surface area contributed by atoms with Crippen molar-refractivity contribution in [1.29, 1.82) is 0 Å². The van der Waals surface area contributed by atoms with Gasteiger partial charge in [-0.05, 0) is 37.9 Å². The molecule has 1 aliphatic carbocycles. The van der Waals surface area contributed by atoms with Crippen LogP contribution >= 0.6 is 15.9 Å². The number of nitrogen functional groups attached to an aromatic ring is 1. The van der Waals surface area contributed by atoms with Crippen molar-refractivity contribution in [3.05, 3.63) is 28.2 Å². The van der Waals surface area contributed by atoms with Crippen LogP contribution in [-0.4, -0.2) is 18.5 Å². The van der Waals surface area contributed by atoms with E-state index in [1.165, 1.54) is 37.8 Å². The van der Waals surface area contributed by atoms with Crippen molar-refractivity contribution in [2.75, 3.05) is 19.3 Å². The highest BCUT2D eigenvalue weighted by Gasteiger charge is 2.17. The molecule has 1 aliphatic rings. The lowest BCUT2D eigenvalue weighted by molar-refractivity contribution is 0.271. The van der Waals surface area contributed by atoms with Crippen LogP contribution in [0.2, 0.25) is 0 Å². The Labute approximate surface area is 112 Å². The molecule has 0 saturated heterocycles. The van der Waals surface area contributed by atoms with Gasteiger partial charge in [-0.2, -0.15) is 0 Å². The molecule has 1 fully saturated rings. The maximum Gasteiger partial charge on any atom is 0.0371 e. The van der Waals surface area contributed by atoms with Crippen molar-refractivity contribution >= 4 is 21.6 Å². The molecule has 0 atom stereocenters. The second-order valence-corrected chi connectivity index (χ2v) is 6.01. The number of nitrogens with two attached hydrogens (primary N) is 1. The highest BCUT2D eigenvalue weighted by Crippen LogP contribution is 2.27. The molecular formula is C14H21BrN2. The number of anilines is 1. The molecule has 2 N–H and O–H groups in total. The van der Waals surface area contributed by atoms with E-state index in [0.29, 0.717) is 0 Å². The van der Waals surface area contributed by atoms with Crippen molar-refractivity contribution in [3.8, 4) is 0 Å². The summed E-state index contributed by atoms with van der Waals surface area (Å²) in [5, 5.41) is 0. The highest BCUT2D eigenvalue weighted by molar-refractivity contribution is 9.10. The minimum Gasteiger partial charge on any atom is -0.398 e. The first-order chi connectivity index (χ1) is 8.16. The quantitative estimate of drug-likeness (QED) is 0.860. The van der Waals surface area contributed by atoms with Crippen LogP contribution in [-0.2, 0) is 6.54 Å². The number of nitrogens with zero attached hydrogens (tertiary/aromatic N) is 1. The molecule has 1 aromatic carbocycles. The van der Waals surface area contributed by atoms with Crippen molar-refractivity contribution < 1.29 is 0 Å². The Balaban J connectivity index is 1.95. The summed E-state index contributed by atoms with van der Waals surface area (Å²) in [5.74, 6) is 0.892. The Morgan fingerprint density at radius 3 is 2.71 bits per heavy atom. The Bertz CT molecular complexity index is 352. The molecule has 0 amide bonds. The van der Waals surface area contributed by atoms with Crippen LogP contribution in [0.15, 0.2) is 22.7 Å². The Morgan fingerprint density at radius 2 is 2.06 bits per heavy atom. The van der Waals surface area contributed by atoms with Crippen LogP contribution < -0.4 is 5.73 Å². The molecule has 0 heterocycles. The fraction of sp³-hybridized carbons (Fsp3) is 0.571. The predicted molar refractivity (Wildman–Crippen MR) is 76.8 cm³/mol. The average molecular weight is 297 g/mol. The summed E-state index contributed by atoms with van der Waals surface area (Å²) in [7, 11) is 2.19. The SMILES string of the molecule is CN(Cc1c(N)cccc1Br)CC1CCCC1. The average Bonchev–Trinajstić information content (AvgIpc) is 2.76. The molecule has 3 heteroatoms. The predicted octanol–water partition coefficient (Wildman–Crippen LogP) is 3.65. The smallest absolute Gasteiger partial charge is 0.0371 e. The third-order valence-corrected chi connectivity index (χ3v) is 4.37. The molecular weight excluding hydrogens is 276 g/mol. The molecule has 1 saturated carbocycles. The van der Waals surface area contributed by atoms with Crippen molar-refractivity contribution in [3.63, 3.8) is 0 Å². The molecule has 2 nitrogen and oxygen atoms in total. The summed E-state index contributed by atoms with van der Waals surface area (Å²) in [6, 6.07) is 6.03. The number of halogens is 1. The summed E-state index contributed by atoms with van der Waals surface area (Å²) < 4.78 is 1.12. The van der Waals surface area contributed by atoms with Crippen LogP contribution in [0, 0.1) is 5.92 Å². The molecule has 0 bridgehead atoms. The second-order valence-electron chi connectivity index (χ2n) is 5.15. The van der Waals surface area contributed by atoms with Gasteiger partial charge in [-0.15, -0.1) is 0 Å². The Kier molecular flexibility index (Phi) is 4.46. The summed E-state index contributed by atoms with van der Waals surface area (Å²) >= 11 is 3.58. The fourth-order valence-electron chi connectivity index (χ4n) is 2.71. The number of rotatable bonds is 4. The van der Waals surface area contributed by atoms with Crippen LogP contribution in [0.4, 0.5) is 5.69 Å². The normalized spacial score (nSPS) is 16.9. The Morgan fingerprint density at radius 1 is 1.35 bits per heavy atom. The zero-order chi connectivity index (χ0) is 12.3. The van der Waals surface area contributed by atoms with Crippen molar-refractivity contribution in [2.24, 2.45) is 5.92 Å². The first-order valence-corrected chi connectivity index (χ1v) is 7.17. The van der Waals surface area contributed by atoms with Crippen LogP contribution in [0.5, 0.6) is 0 Å². The molecule has 1 aromatic rings. The summed E-state index contributed by atoms with van der Waals surface area (Å²) in [4.78, 5) is 2.40. The number of hydrogen-bond donors (Lipinski definition) is 1. The van der Waals surface area contributed by atoms with E-state index in [0.717, 1.165) is 22.6 Å². The van der Waals surface area contributed by atoms with Gasteiger partial charge in [0.05, 0.1) is 0 Å². The monoisotopic (exact) mass is 296 g/mol. The van der Waals surface area contributed by atoms with Crippen LogP contribution in [0.3, 0.4) is 0 Å². The maximum absolute atomic E-state index is 6.02. The lowest BCUT2D eigenvalue weighted by Gasteiger charge is -2.22. The zero-order valence-corrected chi connectivity index (χ0v) is 12.0. The molecule has 17 heavy (non-hydrogen) atoms. The third-order valence-electron chi connectivity index (χ3n) is 3.63. The summed E-state index contributed by atoms with van der Waals surface area (Å²) in [5.41, 5.74) is 8.12. The molecule has 94 valence electrons. The minimum atomic E-state index is 0.887. The second kappa shape index (κ2) is 5.87. The topological polar surface area (TPSA) is 29.3 Å². The number of hydrogen-bond acceptors (Lipinski definition) is 2. The Hall–Kier alpha value is -0.540. The first kappa shape index (κ1) is 12.9. The van der Waals surface area contributed by atoms with Gasteiger partial charge >= 0.3 is 0 Å². The molecule has 0 radical (unpaired) electrons. The highest BCUT2D eigenvalue weighted by atomic mass is 79.9. The van der Waals surface area contributed by atoms with E-state index in [1.807, 2.05) is 12.1 Å². The first-order valence-electron chi connectivity index (χ1n) is 6.38. The van der Waals surface area contributed by atoms with E-state index < -0.39 is 0 Å². The van der Waals surface area contributed by atoms with Gasteiger partial charge in [-0.25, -0.2) is 0 Å². The van der Waals surface area contributed by atoms with E-state index in [1.54, 1.807) is 0 Å². The maximum atomic E-state index is 6.02. The molecule has 0 unspecified atom stereocenters. The zero-order valence-electron chi connectivity index (χ0n) is 10.5. The summed E-state index contributed by atoms with van der Waals surface area (Å²) in [6.45, 7) is 2.13. The summed E-state index contributed by atoms with van der Waals surface area (Å²) in [6.07, 6.45) is 5.62. The van der Waals surface area contributed by atoms with Crippen molar-refractivity contribution in [1.82, 2.24) is 4.90 Å². The van der Waals surface area contributed by atoms with E-state index >= 15 is 0 Å². The van der Waals surface area contributed by atoms with Crippen LogP contribution in [0.1, 0.15) is 31.2 Å². The van der Waals surface area contributed by atoms with Gasteiger partial charge < -0.3 is 10.6 Å². The fourth-order valence-corrected chi connectivity index (χ4v) is 3.22. The van der Waals surface area contributed by atoms with E-state index in [2.05, 4.69) is 33.9 Å². The molecule has 0 aromatic heterocycles. The molecule has 0 spiro atoms. The molecule has 0 aliphatic heterocycles. The third kappa shape index (κ3) is 3.46. The van der Waals surface area contributed by atoms with Gasteiger partial charge in [0.2, 0.25) is 0 Å². The van der Waals surface area contributed by atoms with Gasteiger partial charge in [0, 0.05) is 28.8 Å². The van der Waals surface area contributed by atoms with Gasteiger partial charge in [-0.1, -0.05) is 34.8 Å². The van der Waals surface area contributed by atoms with Gasteiger partial charge in [-0.3, -0.25) is 0 Å². The van der Waals surface area contributed by atoms with E-state index in [4.69, 9.17) is 5.73 Å². The van der Waals surface area contributed by atoms with Gasteiger partial charge in [0.1, 0.15) is 0 Å². The van der Waals surface area contributed by atoms with Gasteiger partial charge in [0.25, 0.3) is 0 Å². The lowest BCUT2D eigenvalue weighted by atomic mass is 10.1. The van der Waals surface area contributed by atoms with E-state index in [9.17, 15) is 0 Å². The largest absolute Gasteiger partial charge is 0.398 e. The minimum absolute atomic E-state index is 0.887. The van der Waals surface area contributed by atoms with Gasteiger partial charge in [0.15, 0.2) is 0 Å². The lowest BCUT2D eigenvalue weighted by Crippen LogP contribution is -2.24. The van der Waals surface area contributed by atoms with Crippen molar-refractivity contribution in [2.45, 2.75) is 32.2 Å².